The summed E-state index contributed by atoms with van der Waals surface area (Å²) in [4.78, 5) is 3.99. The monoisotopic (exact) mass is 177 g/mol. The zero-order chi connectivity index (χ0) is 9.84. The average molecular weight is 177 g/mol. The highest BCUT2D eigenvalue weighted by Gasteiger charge is 2.01. The van der Waals surface area contributed by atoms with Crippen molar-refractivity contribution in [3.05, 3.63) is 17.3 Å². The third-order valence-electron chi connectivity index (χ3n) is 1.58. The maximum atomic E-state index is 8.49. The molecule has 1 aromatic rings. The normalized spacial score (nSPS) is 9.08. The van der Waals surface area contributed by atoms with Crippen LogP contribution in [0.3, 0.4) is 0 Å². The van der Waals surface area contributed by atoms with Gasteiger partial charge in [0.25, 0.3) is 0 Å². The van der Waals surface area contributed by atoms with E-state index in [1.165, 1.54) is 0 Å². The minimum Gasteiger partial charge on any atom is -0.396 e. The van der Waals surface area contributed by atoms with Crippen LogP contribution in [-0.4, -0.2) is 16.7 Å². The van der Waals surface area contributed by atoms with E-state index in [1.807, 2.05) is 0 Å². The molecule has 0 radical (unpaired) electrons. The number of aromatic nitrogens is 1. The van der Waals surface area contributed by atoms with Crippen molar-refractivity contribution in [1.29, 1.82) is 0 Å². The van der Waals surface area contributed by atoms with E-state index in [4.69, 9.17) is 16.6 Å². The van der Waals surface area contributed by atoms with E-state index in [9.17, 15) is 0 Å². The highest BCUT2D eigenvalue weighted by atomic mass is 16.2. The second-order valence-electron chi connectivity index (χ2n) is 2.56. The Morgan fingerprint density at radius 1 is 1.54 bits per heavy atom. The van der Waals surface area contributed by atoms with Gasteiger partial charge in [-0.1, -0.05) is 11.8 Å². The lowest BCUT2D eigenvalue weighted by molar-refractivity contribution is 0.350. The van der Waals surface area contributed by atoms with Crippen LogP contribution < -0.4 is 11.5 Å². The van der Waals surface area contributed by atoms with Crippen molar-refractivity contribution in [2.24, 2.45) is 0 Å². The van der Waals surface area contributed by atoms with Gasteiger partial charge in [-0.15, -0.1) is 0 Å². The van der Waals surface area contributed by atoms with E-state index in [2.05, 4.69) is 16.8 Å². The number of rotatable bonds is 0. The third-order valence-corrected chi connectivity index (χ3v) is 1.58. The molecule has 0 aliphatic carbocycles. The van der Waals surface area contributed by atoms with Gasteiger partial charge in [-0.2, -0.15) is 0 Å². The third kappa shape index (κ3) is 2.10. The number of aryl methyl sites for hydroxylation is 1. The first-order valence-electron chi connectivity index (χ1n) is 3.77. The van der Waals surface area contributed by atoms with Crippen molar-refractivity contribution in [1.82, 2.24) is 4.98 Å². The van der Waals surface area contributed by atoms with Gasteiger partial charge in [-0.3, -0.25) is 0 Å². The molecule has 1 aromatic heterocycles. The van der Waals surface area contributed by atoms with Crippen LogP contribution in [0.2, 0.25) is 0 Å². The predicted molar refractivity (Wildman–Crippen MR) is 51.8 cm³/mol. The van der Waals surface area contributed by atoms with Crippen LogP contribution >= 0.6 is 0 Å². The molecule has 0 spiro atoms. The van der Waals surface area contributed by atoms with Gasteiger partial charge in [0.15, 0.2) is 0 Å². The van der Waals surface area contributed by atoms with E-state index in [-0.39, 0.29) is 6.61 Å². The van der Waals surface area contributed by atoms with Gasteiger partial charge >= 0.3 is 0 Å². The van der Waals surface area contributed by atoms with Crippen LogP contribution in [0.5, 0.6) is 0 Å². The van der Waals surface area contributed by atoms with Crippen LogP contribution in [0.1, 0.15) is 11.3 Å². The molecule has 0 aliphatic heterocycles. The second-order valence-corrected chi connectivity index (χ2v) is 2.56. The molecule has 1 heterocycles. The number of aliphatic hydroxyl groups excluding tert-OH is 1. The standard InChI is InChI=1S/C9H11N3O/c1-6-7(3-2-4-13)5-8(10)9(11)12-6/h5,13H,4,10H2,1H3,(H2,11,12). The summed E-state index contributed by atoms with van der Waals surface area (Å²) in [6.07, 6.45) is 0. The zero-order valence-corrected chi connectivity index (χ0v) is 7.33. The summed E-state index contributed by atoms with van der Waals surface area (Å²) in [5, 5.41) is 8.49. The van der Waals surface area contributed by atoms with Crippen molar-refractivity contribution in [2.45, 2.75) is 6.92 Å². The van der Waals surface area contributed by atoms with E-state index in [1.54, 1.807) is 13.0 Å². The first-order chi connectivity index (χ1) is 6.15. The number of nitrogen functional groups attached to an aromatic ring is 2. The number of nitrogens with two attached hydrogens (primary N) is 2. The molecule has 0 saturated heterocycles. The summed E-state index contributed by atoms with van der Waals surface area (Å²) >= 11 is 0. The lowest BCUT2D eigenvalue weighted by atomic mass is 10.2. The fraction of sp³-hybridized carbons (Fsp3) is 0.222. The lowest BCUT2D eigenvalue weighted by Gasteiger charge is -2.02. The maximum absolute atomic E-state index is 8.49. The van der Waals surface area contributed by atoms with Gasteiger partial charge in [0.2, 0.25) is 0 Å². The van der Waals surface area contributed by atoms with E-state index in [0.717, 1.165) is 0 Å². The first kappa shape index (κ1) is 9.36. The first-order valence-corrected chi connectivity index (χ1v) is 3.77. The van der Waals surface area contributed by atoms with Gasteiger partial charge in [0.05, 0.1) is 11.4 Å². The van der Waals surface area contributed by atoms with E-state index >= 15 is 0 Å². The molecule has 0 aromatic carbocycles. The van der Waals surface area contributed by atoms with E-state index in [0.29, 0.717) is 22.8 Å². The molecular formula is C9H11N3O. The molecular weight excluding hydrogens is 166 g/mol. The maximum Gasteiger partial charge on any atom is 0.146 e. The number of anilines is 2. The van der Waals surface area contributed by atoms with Crippen LogP contribution in [0, 0.1) is 18.8 Å². The summed E-state index contributed by atoms with van der Waals surface area (Å²) in [5.41, 5.74) is 12.8. The van der Waals surface area contributed by atoms with Crippen molar-refractivity contribution >= 4 is 11.5 Å². The quantitative estimate of drug-likeness (QED) is 0.483. The molecule has 1 rings (SSSR count). The Bertz CT molecular complexity index is 376. The Balaban J connectivity index is 3.16. The number of aliphatic hydroxyl groups is 1. The molecule has 5 N–H and O–H groups in total. The van der Waals surface area contributed by atoms with Crippen molar-refractivity contribution in [3.63, 3.8) is 0 Å². The molecule has 13 heavy (non-hydrogen) atoms. The summed E-state index contributed by atoms with van der Waals surface area (Å²) < 4.78 is 0. The molecule has 0 fully saturated rings. The summed E-state index contributed by atoms with van der Waals surface area (Å²) in [6.45, 7) is 1.61. The molecule has 68 valence electrons. The van der Waals surface area contributed by atoms with Gasteiger partial charge in [-0.05, 0) is 13.0 Å². The topological polar surface area (TPSA) is 85.2 Å². The largest absolute Gasteiger partial charge is 0.396 e. The Hall–Kier alpha value is -1.73. The van der Waals surface area contributed by atoms with Gasteiger partial charge < -0.3 is 16.6 Å². The number of pyridine rings is 1. The molecule has 0 aliphatic rings. The summed E-state index contributed by atoms with van der Waals surface area (Å²) in [7, 11) is 0. The van der Waals surface area contributed by atoms with Crippen LogP contribution in [-0.2, 0) is 0 Å². The Kier molecular flexibility index (Phi) is 2.72. The fourth-order valence-electron chi connectivity index (χ4n) is 0.901. The molecule has 0 saturated carbocycles. The van der Waals surface area contributed by atoms with Gasteiger partial charge in [-0.25, -0.2) is 4.98 Å². The Labute approximate surface area is 76.6 Å². The van der Waals surface area contributed by atoms with Crippen molar-refractivity contribution in [2.75, 3.05) is 18.1 Å². The Morgan fingerprint density at radius 2 is 2.23 bits per heavy atom. The second kappa shape index (κ2) is 3.78. The summed E-state index contributed by atoms with van der Waals surface area (Å²) in [6, 6.07) is 1.65. The molecule has 0 amide bonds. The highest BCUT2D eigenvalue weighted by Crippen LogP contribution is 2.15. The minimum atomic E-state index is -0.177. The highest BCUT2D eigenvalue weighted by molar-refractivity contribution is 5.62. The van der Waals surface area contributed by atoms with Gasteiger partial charge in [0, 0.05) is 5.56 Å². The van der Waals surface area contributed by atoms with E-state index < -0.39 is 0 Å². The Morgan fingerprint density at radius 3 is 2.85 bits per heavy atom. The van der Waals surface area contributed by atoms with Crippen molar-refractivity contribution < 1.29 is 5.11 Å². The lowest BCUT2D eigenvalue weighted by Crippen LogP contribution is -2.01. The van der Waals surface area contributed by atoms with Crippen LogP contribution in [0.15, 0.2) is 6.07 Å². The smallest absolute Gasteiger partial charge is 0.146 e. The fourth-order valence-corrected chi connectivity index (χ4v) is 0.901. The number of hydrogen-bond acceptors (Lipinski definition) is 4. The number of hydrogen-bond donors (Lipinski definition) is 3. The average Bonchev–Trinajstić information content (AvgIpc) is 2.09. The van der Waals surface area contributed by atoms with Gasteiger partial charge in [0.1, 0.15) is 12.4 Å². The molecule has 0 atom stereocenters. The molecule has 0 unspecified atom stereocenters. The SMILES string of the molecule is Cc1nc(N)c(N)cc1C#CCO. The molecule has 4 nitrogen and oxygen atoms in total. The predicted octanol–water partition coefficient (Wildman–Crippen LogP) is -0.102. The molecule has 4 heteroatoms. The minimum absolute atomic E-state index is 0.177. The van der Waals surface area contributed by atoms with Crippen LogP contribution in [0.25, 0.3) is 0 Å². The van der Waals surface area contributed by atoms with Crippen molar-refractivity contribution in [3.8, 4) is 11.8 Å². The zero-order valence-electron chi connectivity index (χ0n) is 7.33. The summed E-state index contributed by atoms with van der Waals surface area (Å²) in [5.74, 6) is 5.57. The number of nitrogens with zero attached hydrogens (tertiary/aromatic N) is 1. The molecule has 0 bridgehead atoms. The van der Waals surface area contributed by atoms with Crippen LogP contribution in [0.4, 0.5) is 11.5 Å².